The number of nitrogens with two attached hydrogens (primary N) is 1. The number of nitrogens with zero attached hydrogens (tertiary/aromatic N) is 2. The van der Waals surface area contributed by atoms with Crippen LogP contribution in [0.5, 0.6) is 0 Å². The molecule has 2 atom stereocenters. The van der Waals surface area contributed by atoms with Gasteiger partial charge in [-0.05, 0) is 6.42 Å². The predicted octanol–water partition coefficient (Wildman–Crippen LogP) is -1.61. The zero-order chi connectivity index (χ0) is 9.59. The summed E-state index contributed by atoms with van der Waals surface area (Å²) in [6, 6.07) is -0.328. The number of hydrogen-bond donors (Lipinski definition) is 1. The lowest BCUT2D eigenvalue weighted by atomic mass is 10.1. The van der Waals surface area contributed by atoms with Crippen LogP contribution in [0.25, 0.3) is 0 Å². The summed E-state index contributed by atoms with van der Waals surface area (Å²) < 4.78 is 0. The topological polar surface area (TPSA) is 66.6 Å². The summed E-state index contributed by atoms with van der Waals surface area (Å²) in [5.41, 5.74) is 5.70. The summed E-state index contributed by atoms with van der Waals surface area (Å²) in [5.74, 6) is 0.0348. The standard InChI is InChI=1S/C8H13N3O2/c1-10-4-7(12)11-3-5(9)2-6(11)8(10)13/h5-6H,2-4,9H2,1H3/t5-,6-/m0/s1. The monoisotopic (exact) mass is 183 g/mol. The third kappa shape index (κ3) is 1.19. The third-order valence-corrected chi connectivity index (χ3v) is 2.69. The Balaban J connectivity index is 2.23. The van der Waals surface area contributed by atoms with Gasteiger partial charge in [-0.3, -0.25) is 9.59 Å². The highest BCUT2D eigenvalue weighted by Gasteiger charge is 2.43. The molecule has 13 heavy (non-hydrogen) atoms. The molecule has 2 amide bonds. The van der Waals surface area contributed by atoms with Gasteiger partial charge in [-0.15, -0.1) is 0 Å². The second-order valence-electron chi connectivity index (χ2n) is 3.75. The van der Waals surface area contributed by atoms with Gasteiger partial charge in [0.25, 0.3) is 0 Å². The minimum Gasteiger partial charge on any atom is -0.335 e. The SMILES string of the molecule is CN1CC(=O)N2C[C@@H](N)C[C@H]2C1=O. The van der Waals surface area contributed by atoms with Gasteiger partial charge >= 0.3 is 0 Å². The lowest BCUT2D eigenvalue weighted by Gasteiger charge is -2.33. The van der Waals surface area contributed by atoms with Crippen molar-refractivity contribution < 1.29 is 9.59 Å². The summed E-state index contributed by atoms with van der Waals surface area (Å²) in [7, 11) is 1.65. The molecule has 2 heterocycles. The van der Waals surface area contributed by atoms with Gasteiger partial charge in [0, 0.05) is 19.6 Å². The first-order chi connectivity index (χ1) is 6.09. The third-order valence-electron chi connectivity index (χ3n) is 2.69. The molecule has 0 aromatic carbocycles. The van der Waals surface area contributed by atoms with Crippen LogP contribution in [-0.4, -0.2) is 53.8 Å². The van der Waals surface area contributed by atoms with E-state index in [2.05, 4.69) is 0 Å². The Morgan fingerprint density at radius 2 is 2.15 bits per heavy atom. The molecule has 0 aliphatic carbocycles. The minimum absolute atomic E-state index is 0.0139. The molecule has 2 fully saturated rings. The van der Waals surface area contributed by atoms with Gasteiger partial charge in [-0.1, -0.05) is 0 Å². The average Bonchev–Trinajstić information content (AvgIpc) is 2.44. The Bertz CT molecular complexity index is 266. The molecule has 2 rings (SSSR count). The number of carbonyl (C=O) groups excluding carboxylic acids is 2. The zero-order valence-corrected chi connectivity index (χ0v) is 7.56. The van der Waals surface area contributed by atoms with Crippen molar-refractivity contribution in [1.82, 2.24) is 9.80 Å². The molecule has 2 N–H and O–H groups in total. The summed E-state index contributed by atoms with van der Waals surface area (Å²) in [5, 5.41) is 0. The largest absolute Gasteiger partial charge is 0.335 e. The number of hydrogen-bond acceptors (Lipinski definition) is 3. The maximum absolute atomic E-state index is 11.6. The van der Waals surface area contributed by atoms with Gasteiger partial charge in [0.2, 0.25) is 11.8 Å². The van der Waals surface area contributed by atoms with Gasteiger partial charge < -0.3 is 15.5 Å². The molecule has 0 spiro atoms. The van der Waals surface area contributed by atoms with Crippen molar-refractivity contribution in [3.8, 4) is 0 Å². The van der Waals surface area contributed by atoms with Gasteiger partial charge in [0.05, 0.1) is 6.54 Å². The molecular weight excluding hydrogens is 170 g/mol. The first kappa shape index (κ1) is 8.50. The van der Waals surface area contributed by atoms with E-state index in [0.717, 1.165) is 0 Å². The van der Waals surface area contributed by atoms with E-state index in [1.54, 1.807) is 11.9 Å². The van der Waals surface area contributed by atoms with Crippen molar-refractivity contribution >= 4 is 11.8 Å². The van der Waals surface area contributed by atoms with Crippen LogP contribution in [0.1, 0.15) is 6.42 Å². The van der Waals surface area contributed by atoms with E-state index in [0.29, 0.717) is 13.0 Å². The molecule has 0 aromatic heterocycles. The smallest absolute Gasteiger partial charge is 0.245 e. The molecule has 2 saturated heterocycles. The molecule has 5 heteroatoms. The summed E-state index contributed by atoms with van der Waals surface area (Å²) >= 11 is 0. The van der Waals surface area contributed by atoms with Crippen molar-refractivity contribution in [3.63, 3.8) is 0 Å². The number of likely N-dealkylation sites (N-methyl/N-ethyl adjacent to an activating group) is 1. The zero-order valence-electron chi connectivity index (χ0n) is 7.56. The Morgan fingerprint density at radius 1 is 1.46 bits per heavy atom. The van der Waals surface area contributed by atoms with Crippen LogP contribution < -0.4 is 5.73 Å². The fraction of sp³-hybridized carbons (Fsp3) is 0.750. The molecule has 2 aliphatic heterocycles. The highest BCUT2D eigenvalue weighted by molar-refractivity contribution is 5.95. The van der Waals surface area contributed by atoms with Crippen molar-refractivity contribution in [1.29, 1.82) is 0 Å². The number of amides is 2. The lowest BCUT2D eigenvalue weighted by molar-refractivity contribution is -0.152. The van der Waals surface area contributed by atoms with Crippen LogP contribution in [-0.2, 0) is 9.59 Å². The van der Waals surface area contributed by atoms with E-state index < -0.39 is 0 Å². The number of rotatable bonds is 0. The molecule has 72 valence electrons. The fourth-order valence-corrected chi connectivity index (χ4v) is 2.00. The van der Waals surface area contributed by atoms with Crippen LogP contribution in [0.15, 0.2) is 0 Å². The van der Waals surface area contributed by atoms with E-state index in [4.69, 9.17) is 5.73 Å². The van der Waals surface area contributed by atoms with Gasteiger partial charge in [0.1, 0.15) is 6.04 Å². The molecule has 0 radical (unpaired) electrons. The number of carbonyl (C=O) groups is 2. The number of piperazine rings is 1. The summed E-state index contributed by atoms with van der Waals surface area (Å²) in [6.45, 7) is 0.727. The van der Waals surface area contributed by atoms with E-state index in [1.165, 1.54) is 4.90 Å². The second kappa shape index (κ2) is 2.70. The van der Waals surface area contributed by atoms with Crippen molar-refractivity contribution in [3.05, 3.63) is 0 Å². The van der Waals surface area contributed by atoms with E-state index in [-0.39, 0.29) is 30.4 Å². The molecule has 5 nitrogen and oxygen atoms in total. The van der Waals surface area contributed by atoms with Crippen LogP contribution in [0.4, 0.5) is 0 Å². The molecule has 2 aliphatic rings. The highest BCUT2D eigenvalue weighted by Crippen LogP contribution is 2.21. The molecule has 0 bridgehead atoms. The fourth-order valence-electron chi connectivity index (χ4n) is 2.00. The predicted molar refractivity (Wildman–Crippen MR) is 45.7 cm³/mol. The average molecular weight is 183 g/mol. The van der Waals surface area contributed by atoms with Crippen LogP contribution in [0.3, 0.4) is 0 Å². The number of fused-ring (bicyclic) bond motifs is 1. The minimum atomic E-state index is -0.291. The Hall–Kier alpha value is -1.10. The van der Waals surface area contributed by atoms with E-state index in [9.17, 15) is 9.59 Å². The molecule has 0 unspecified atom stereocenters. The Morgan fingerprint density at radius 3 is 2.85 bits per heavy atom. The highest BCUT2D eigenvalue weighted by atomic mass is 16.2. The Kier molecular flexibility index (Phi) is 1.76. The Labute approximate surface area is 76.5 Å². The molecular formula is C8H13N3O2. The maximum Gasteiger partial charge on any atom is 0.245 e. The lowest BCUT2D eigenvalue weighted by Crippen LogP contribution is -2.55. The second-order valence-corrected chi connectivity index (χ2v) is 3.75. The van der Waals surface area contributed by atoms with Crippen molar-refractivity contribution in [2.24, 2.45) is 5.73 Å². The van der Waals surface area contributed by atoms with Gasteiger partial charge in [-0.2, -0.15) is 0 Å². The first-order valence-electron chi connectivity index (χ1n) is 4.39. The summed E-state index contributed by atoms with van der Waals surface area (Å²) in [4.78, 5) is 26.1. The van der Waals surface area contributed by atoms with Gasteiger partial charge in [0.15, 0.2) is 0 Å². The molecule has 0 aromatic rings. The first-order valence-corrected chi connectivity index (χ1v) is 4.39. The van der Waals surface area contributed by atoms with Crippen LogP contribution >= 0.6 is 0 Å². The van der Waals surface area contributed by atoms with Gasteiger partial charge in [-0.25, -0.2) is 0 Å². The van der Waals surface area contributed by atoms with E-state index in [1.807, 2.05) is 0 Å². The van der Waals surface area contributed by atoms with E-state index >= 15 is 0 Å². The van der Waals surface area contributed by atoms with Crippen molar-refractivity contribution in [2.45, 2.75) is 18.5 Å². The van der Waals surface area contributed by atoms with Crippen LogP contribution in [0, 0.1) is 0 Å². The summed E-state index contributed by atoms with van der Waals surface area (Å²) in [6.07, 6.45) is 0.606. The quantitative estimate of drug-likeness (QED) is 0.491. The molecule has 0 saturated carbocycles. The maximum atomic E-state index is 11.6. The van der Waals surface area contributed by atoms with Crippen LogP contribution in [0.2, 0.25) is 0 Å². The normalized spacial score (nSPS) is 34.0. The van der Waals surface area contributed by atoms with Crippen molar-refractivity contribution in [2.75, 3.05) is 20.1 Å².